The molecule has 0 bridgehead atoms. The molecule has 2 aliphatic rings. The number of carbonyl (C=O) groups excluding carboxylic acids is 2. The first-order valence-corrected chi connectivity index (χ1v) is 7.39. The fourth-order valence-electron chi connectivity index (χ4n) is 3.16. The molecule has 1 saturated heterocycles. The maximum Gasteiger partial charge on any atom is 0.224 e. The van der Waals surface area contributed by atoms with Gasteiger partial charge in [0, 0.05) is 38.0 Å². The molecular formula is C14H25N3O2. The molecule has 2 fully saturated rings. The number of hydrogen-bond acceptors (Lipinski definition) is 3. The van der Waals surface area contributed by atoms with Gasteiger partial charge < -0.3 is 15.5 Å². The third-order valence-electron chi connectivity index (χ3n) is 4.50. The molecule has 1 saturated carbocycles. The zero-order valence-electron chi connectivity index (χ0n) is 11.8. The van der Waals surface area contributed by atoms with Crippen LogP contribution in [0.2, 0.25) is 0 Å². The second-order valence-corrected chi connectivity index (χ2v) is 5.75. The molecule has 1 heterocycles. The molecule has 1 aliphatic heterocycles. The van der Waals surface area contributed by atoms with Crippen LogP contribution in [0.3, 0.4) is 0 Å². The maximum absolute atomic E-state index is 12.4. The Hall–Kier alpha value is -1.10. The molecular weight excluding hydrogens is 242 g/mol. The van der Waals surface area contributed by atoms with E-state index in [4.69, 9.17) is 0 Å². The van der Waals surface area contributed by atoms with Crippen molar-refractivity contribution in [3.63, 3.8) is 0 Å². The van der Waals surface area contributed by atoms with Gasteiger partial charge in [0.15, 0.2) is 0 Å². The van der Waals surface area contributed by atoms with Crippen molar-refractivity contribution in [1.29, 1.82) is 0 Å². The second-order valence-electron chi connectivity index (χ2n) is 5.75. The van der Waals surface area contributed by atoms with E-state index >= 15 is 0 Å². The summed E-state index contributed by atoms with van der Waals surface area (Å²) in [5.74, 6) is 0.240. The SMILES string of the molecule is CNC1(CC(=O)N2CCNC(=O)CC2)CCCCC1. The number of amides is 2. The van der Waals surface area contributed by atoms with Gasteiger partial charge in [-0.25, -0.2) is 0 Å². The van der Waals surface area contributed by atoms with E-state index in [2.05, 4.69) is 10.6 Å². The third kappa shape index (κ3) is 3.69. The van der Waals surface area contributed by atoms with Crippen molar-refractivity contribution in [3.8, 4) is 0 Å². The highest BCUT2D eigenvalue weighted by Crippen LogP contribution is 2.31. The minimum Gasteiger partial charge on any atom is -0.354 e. The Morgan fingerprint density at radius 1 is 1.32 bits per heavy atom. The Balaban J connectivity index is 1.93. The quantitative estimate of drug-likeness (QED) is 0.789. The lowest BCUT2D eigenvalue weighted by atomic mass is 9.79. The van der Waals surface area contributed by atoms with Crippen LogP contribution in [0.15, 0.2) is 0 Å². The van der Waals surface area contributed by atoms with E-state index in [9.17, 15) is 9.59 Å². The summed E-state index contributed by atoms with van der Waals surface area (Å²) in [5.41, 5.74) is -0.0148. The average molecular weight is 267 g/mol. The maximum atomic E-state index is 12.4. The third-order valence-corrected chi connectivity index (χ3v) is 4.50. The van der Waals surface area contributed by atoms with Crippen molar-refractivity contribution in [2.24, 2.45) is 0 Å². The van der Waals surface area contributed by atoms with Crippen LogP contribution < -0.4 is 10.6 Å². The first-order valence-electron chi connectivity index (χ1n) is 7.39. The van der Waals surface area contributed by atoms with E-state index in [-0.39, 0.29) is 17.4 Å². The topological polar surface area (TPSA) is 61.4 Å². The number of rotatable bonds is 3. The van der Waals surface area contributed by atoms with Crippen LogP contribution in [-0.4, -0.2) is 48.9 Å². The molecule has 0 aromatic heterocycles. The fraction of sp³-hybridized carbons (Fsp3) is 0.857. The van der Waals surface area contributed by atoms with Crippen LogP contribution in [0.1, 0.15) is 44.9 Å². The van der Waals surface area contributed by atoms with Crippen molar-refractivity contribution in [1.82, 2.24) is 15.5 Å². The van der Waals surface area contributed by atoms with Gasteiger partial charge in [0.2, 0.25) is 11.8 Å². The molecule has 5 nitrogen and oxygen atoms in total. The number of nitrogens with zero attached hydrogens (tertiary/aromatic N) is 1. The molecule has 0 radical (unpaired) electrons. The van der Waals surface area contributed by atoms with Gasteiger partial charge in [-0.15, -0.1) is 0 Å². The Morgan fingerprint density at radius 3 is 2.74 bits per heavy atom. The van der Waals surface area contributed by atoms with E-state index < -0.39 is 0 Å². The van der Waals surface area contributed by atoms with Crippen LogP contribution in [0.4, 0.5) is 0 Å². The van der Waals surface area contributed by atoms with Crippen molar-refractivity contribution in [2.45, 2.75) is 50.5 Å². The predicted octanol–water partition coefficient (Wildman–Crippen LogP) is 0.647. The van der Waals surface area contributed by atoms with Crippen molar-refractivity contribution in [2.75, 3.05) is 26.7 Å². The Kier molecular flexibility index (Phi) is 4.80. The summed E-state index contributed by atoms with van der Waals surface area (Å²) in [6.07, 6.45) is 6.85. The lowest BCUT2D eigenvalue weighted by Crippen LogP contribution is -2.49. The molecule has 1 aliphatic carbocycles. The lowest BCUT2D eigenvalue weighted by Gasteiger charge is -2.38. The molecule has 108 valence electrons. The average Bonchev–Trinajstić information content (AvgIpc) is 2.64. The summed E-state index contributed by atoms with van der Waals surface area (Å²) in [7, 11) is 1.96. The van der Waals surface area contributed by atoms with Crippen molar-refractivity contribution < 1.29 is 9.59 Å². The van der Waals surface area contributed by atoms with Crippen LogP contribution in [0, 0.1) is 0 Å². The molecule has 2 N–H and O–H groups in total. The minimum absolute atomic E-state index is 0.0148. The molecule has 0 unspecified atom stereocenters. The molecule has 2 rings (SSSR count). The zero-order chi connectivity index (χ0) is 13.7. The molecule has 5 heteroatoms. The molecule has 0 atom stereocenters. The highest BCUT2D eigenvalue weighted by atomic mass is 16.2. The molecule has 0 spiro atoms. The van der Waals surface area contributed by atoms with E-state index in [0.29, 0.717) is 32.5 Å². The van der Waals surface area contributed by atoms with Crippen molar-refractivity contribution >= 4 is 11.8 Å². The first kappa shape index (κ1) is 14.3. The van der Waals surface area contributed by atoms with Gasteiger partial charge in [0.05, 0.1) is 0 Å². The highest BCUT2D eigenvalue weighted by molar-refractivity contribution is 5.80. The molecule has 19 heavy (non-hydrogen) atoms. The second kappa shape index (κ2) is 6.37. The minimum atomic E-state index is -0.0148. The molecule has 2 amide bonds. The van der Waals surface area contributed by atoms with Crippen LogP contribution in [-0.2, 0) is 9.59 Å². The van der Waals surface area contributed by atoms with Gasteiger partial charge in [-0.05, 0) is 19.9 Å². The van der Waals surface area contributed by atoms with E-state index in [1.54, 1.807) is 0 Å². The Labute approximate surface area is 115 Å². The molecule has 0 aromatic carbocycles. The number of nitrogens with one attached hydrogen (secondary N) is 2. The smallest absolute Gasteiger partial charge is 0.224 e. The normalized spacial score (nSPS) is 23.6. The zero-order valence-corrected chi connectivity index (χ0v) is 11.8. The van der Waals surface area contributed by atoms with Gasteiger partial charge in [0.25, 0.3) is 0 Å². The summed E-state index contributed by atoms with van der Waals surface area (Å²) in [5, 5.41) is 6.19. The Bertz CT molecular complexity index is 338. The van der Waals surface area contributed by atoms with Gasteiger partial charge >= 0.3 is 0 Å². The highest BCUT2D eigenvalue weighted by Gasteiger charge is 2.34. The van der Waals surface area contributed by atoms with E-state index in [1.165, 1.54) is 19.3 Å². The standard InChI is InChI=1S/C14H25N3O2/c1-15-14(6-3-2-4-7-14)11-13(19)17-9-5-12(18)16-8-10-17/h15H,2-11H2,1H3,(H,16,18). The van der Waals surface area contributed by atoms with Gasteiger partial charge in [-0.3, -0.25) is 9.59 Å². The largest absolute Gasteiger partial charge is 0.354 e. The van der Waals surface area contributed by atoms with Gasteiger partial charge in [-0.1, -0.05) is 19.3 Å². The van der Waals surface area contributed by atoms with E-state index in [0.717, 1.165) is 12.8 Å². The summed E-state index contributed by atoms with van der Waals surface area (Å²) in [4.78, 5) is 25.6. The van der Waals surface area contributed by atoms with Crippen LogP contribution in [0.25, 0.3) is 0 Å². The van der Waals surface area contributed by atoms with Crippen LogP contribution >= 0.6 is 0 Å². The van der Waals surface area contributed by atoms with Gasteiger partial charge in [-0.2, -0.15) is 0 Å². The van der Waals surface area contributed by atoms with Gasteiger partial charge in [0.1, 0.15) is 0 Å². The van der Waals surface area contributed by atoms with Crippen LogP contribution in [0.5, 0.6) is 0 Å². The predicted molar refractivity (Wildman–Crippen MR) is 73.7 cm³/mol. The summed E-state index contributed by atoms with van der Waals surface area (Å²) < 4.78 is 0. The van der Waals surface area contributed by atoms with E-state index in [1.807, 2.05) is 11.9 Å². The summed E-state index contributed by atoms with van der Waals surface area (Å²) in [6, 6.07) is 0. The summed E-state index contributed by atoms with van der Waals surface area (Å²) in [6.45, 7) is 1.78. The molecule has 0 aromatic rings. The fourth-order valence-corrected chi connectivity index (χ4v) is 3.16. The number of hydrogen-bond donors (Lipinski definition) is 2. The summed E-state index contributed by atoms with van der Waals surface area (Å²) >= 11 is 0. The monoisotopic (exact) mass is 267 g/mol. The lowest BCUT2D eigenvalue weighted by molar-refractivity contribution is -0.133. The number of carbonyl (C=O) groups is 2. The van der Waals surface area contributed by atoms with Crippen molar-refractivity contribution in [3.05, 3.63) is 0 Å². The Morgan fingerprint density at radius 2 is 2.05 bits per heavy atom. The first-order chi connectivity index (χ1) is 9.15.